The highest BCUT2D eigenvalue weighted by Gasteiger charge is 2.17. The number of aliphatic imine (C=N–C) groups is 1. The summed E-state index contributed by atoms with van der Waals surface area (Å²) in [4.78, 5) is 16.4. The van der Waals surface area contributed by atoms with Crippen LogP contribution in [-0.2, 0) is 9.53 Å². The monoisotopic (exact) mass is 516 g/mol. The number of Topliss-reactive ketones (excluding diaryl/α,β-unsaturated/α-hetero) is 1. The molecule has 1 aliphatic heterocycles. The number of ether oxygens (including phenoxy) is 1. The van der Waals surface area contributed by atoms with Crippen LogP contribution in [0.1, 0.15) is 44.2 Å². The molecule has 31 heavy (non-hydrogen) atoms. The second-order valence-electron chi connectivity index (χ2n) is 7.10. The van der Waals surface area contributed by atoms with E-state index < -0.39 is 0 Å². The Morgan fingerprint density at radius 3 is 2.81 bits per heavy atom. The summed E-state index contributed by atoms with van der Waals surface area (Å²) >= 11 is 4.54. The molecule has 1 fully saturated rings. The van der Waals surface area contributed by atoms with Gasteiger partial charge in [0, 0.05) is 31.8 Å². The van der Waals surface area contributed by atoms with Crippen molar-refractivity contribution in [2.45, 2.75) is 43.6 Å². The number of carbonyl (C=O) groups is 1. The molecule has 170 valence electrons. The van der Waals surface area contributed by atoms with Gasteiger partial charge in [0.25, 0.3) is 0 Å². The van der Waals surface area contributed by atoms with Gasteiger partial charge >= 0.3 is 0 Å². The van der Waals surface area contributed by atoms with Gasteiger partial charge in [0.1, 0.15) is 11.6 Å². The van der Waals surface area contributed by atoms with Gasteiger partial charge in [0.05, 0.1) is 10.2 Å². The van der Waals surface area contributed by atoms with Crippen LogP contribution in [-0.4, -0.2) is 46.4 Å². The minimum atomic E-state index is -0.380. The van der Waals surface area contributed by atoms with E-state index in [9.17, 15) is 9.18 Å². The second-order valence-corrected chi connectivity index (χ2v) is 9.04. The number of amidine groups is 1. The smallest absolute Gasteiger partial charge is 0.183 e. The Labute approximate surface area is 192 Å². The molecule has 1 aromatic heterocycles. The minimum absolute atomic E-state index is 0. The van der Waals surface area contributed by atoms with Crippen molar-refractivity contribution in [2.75, 3.05) is 19.0 Å². The summed E-state index contributed by atoms with van der Waals surface area (Å²) in [6.45, 7) is 1.63. The van der Waals surface area contributed by atoms with E-state index in [0.29, 0.717) is 51.2 Å². The molecule has 2 heterocycles. The van der Waals surface area contributed by atoms with Crippen LogP contribution in [0, 0.1) is 11.7 Å². The lowest BCUT2D eigenvalue weighted by Gasteiger charge is -2.21. The summed E-state index contributed by atoms with van der Waals surface area (Å²) in [7, 11) is 0. The molecule has 3 rings (SSSR count). The van der Waals surface area contributed by atoms with Crippen molar-refractivity contribution in [3.8, 4) is 0 Å². The summed E-state index contributed by atoms with van der Waals surface area (Å²) in [5.74, 6) is 1.35. The SMILES string of the molecule is NC(=Nc1ccc(F)c(Br)c1)c1nonc1SCCCC(=O)CCC1CCOCC1.O. The van der Waals surface area contributed by atoms with E-state index in [1.54, 1.807) is 0 Å². The quantitative estimate of drug-likeness (QED) is 0.219. The van der Waals surface area contributed by atoms with E-state index in [2.05, 4.69) is 31.2 Å². The lowest BCUT2D eigenvalue weighted by Crippen LogP contribution is -2.16. The maximum atomic E-state index is 13.4. The maximum absolute atomic E-state index is 13.4. The van der Waals surface area contributed by atoms with Crippen LogP contribution in [0.5, 0.6) is 0 Å². The number of thioether (sulfide) groups is 1. The molecule has 4 N–H and O–H groups in total. The molecule has 0 spiro atoms. The third-order valence-electron chi connectivity index (χ3n) is 4.86. The first-order valence-corrected chi connectivity index (χ1v) is 11.6. The molecular formula is C20H26BrFN4O4S. The number of carbonyl (C=O) groups excluding carboxylic acids is 1. The highest BCUT2D eigenvalue weighted by molar-refractivity contribution is 9.10. The summed E-state index contributed by atoms with van der Waals surface area (Å²) in [5.41, 5.74) is 6.85. The van der Waals surface area contributed by atoms with Gasteiger partial charge < -0.3 is 15.9 Å². The zero-order chi connectivity index (χ0) is 21.3. The van der Waals surface area contributed by atoms with Crippen molar-refractivity contribution < 1.29 is 24.0 Å². The van der Waals surface area contributed by atoms with Crippen molar-refractivity contribution in [2.24, 2.45) is 16.6 Å². The van der Waals surface area contributed by atoms with Crippen molar-refractivity contribution >= 4 is 45.0 Å². The van der Waals surface area contributed by atoms with Crippen LogP contribution in [0.25, 0.3) is 0 Å². The van der Waals surface area contributed by atoms with Gasteiger partial charge in [-0.15, -0.1) is 11.8 Å². The van der Waals surface area contributed by atoms with Gasteiger partial charge in [-0.3, -0.25) is 4.79 Å². The Bertz CT molecular complexity index is 890. The van der Waals surface area contributed by atoms with Crippen LogP contribution < -0.4 is 5.73 Å². The average molecular weight is 517 g/mol. The Hall–Kier alpha value is -1.82. The number of nitrogens with two attached hydrogens (primary N) is 1. The normalized spacial score (nSPS) is 15.0. The van der Waals surface area contributed by atoms with E-state index in [1.165, 1.54) is 30.0 Å². The van der Waals surface area contributed by atoms with Gasteiger partial charge in [0.15, 0.2) is 16.6 Å². The van der Waals surface area contributed by atoms with E-state index in [1.807, 2.05) is 0 Å². The lowest BCUT2D eigenvalue weighted by molar-refractivity contribution is -0.119. The molecule has 1 saturated heterocycles. The predicted octanol–water partition coefficient (Wildman–Crippen LogP) is 3.83. The van der Waals surface area contributed by atoms with Crippen molar-refractivity contribution in [3.63, 3.8) is 0 Å². The van der Waals surface area contributed by atoms with Gasteiger partial charge in [-0.2, -0.15) is 0 Å². The molecule has 2 aromatic rings. The molecule has 1 aliphatic rings. The standard InChI is InChI=1S/C20H24BrFN4O3S.H2O/c21-16-12-14(4-6-17(16)22)24-19(23)18-20(26-29-25-18)30-11-1-2-15(27)5-3-13-7-9-28-10-8-13;/h4,6,12-13H,1-3,5,7-11H2,(H2,23,24);1H2. The first kappa shape index (κ1) is 25.4. The molecule has 0 amide bonds. The van der Waals surface area contributed by atoms with Crippen molar-refractivity contribution in [1.29, 1.82) is 0 Å². The Morgan fingerprint density at radius 2 is 2.06 bits per heavy atom. The molecule has 0 atom stereocenters. The summed E-state index contributed by atoms with van der Waals surface area (Å²) in [5, 5.41) is 8.22. The highest BCUT2D eigenvalue weighted by atomic mass is 79.9. The van der Waals surface area contributed by atoms with Gasteiger partial charge in [-0.25, -0.2) is 14.0 Å². The van der Waals surface area contributed by atoms with Crippen LogP contribution in [0.4, 0.5) is 10.1 Å². The Morgan fingerprint density at radius 1 is 1.29 bits per heavy atom. The van der Waals surface area contributed by atoms with Crippen LogP contribution in [0.3, 0.4) is 0 Å². The highest BCUT2D eigenvalue weighted by Crippen LogP contribution is 2.25. The minimum Gasteiger partial charge on any atom is -0.412 e. The Balaban J connectivity index is 0.00000341. The summed E-state index contributed by atoms with van der Waals surface area (Å²) in [6.07, 6.45) is 5.00. The zero-order valence-corrected chi connectivity index (χ0v) is 19.4. The first-order valence-electron chi connectivity index (χ1n) is 9.87. The molecule has 0 bridgehead atoms. The largest absolute Gasteiger partial charge is 0.412 e. The van der Waals surface area contributed by atoms with E-state index in [-0.39, 0.29) is 17.1 Å². The Kier molecular flexibility index (Phi) is 10.6. The van der Waals surface area contributed by atoms with Crippen LogP contribution >= 0.6 is 27.7 Å². The van der Waals surface area contributed by atoms with E-state index >= 15 is 0 Å². The average Bonchev–Trinajstić information content (AvgIpc) is 3.22. The fraction of sp³-hybridized carbons (Fsp3) is 0.500. The number of benzene rings is 1. The number of hydrogen-bond donors (Lipinski definition) is 1. The lowest BCUT2D eigenvalue weighted by atomic mass is 9.93. The fourth-order valence-electron chi connectivity index (χ4n) is 3.14. The number of halogens is 2. The second kappa shape index (κ2) is 12.9. The molecule has 1 aromatic carbocycles. The number of rotatable bonds is 10. The zero-order valence-electron chi connectivity index (χ0n) is 17.0. The number of ketones is 1. The molecule has 11 heteroatoms. The van der Waals surface area contributed by atoms with Gasteiger partial charge in [-0.1, -0.05) is 0 Å². The third kappa shape index (κ3) is 7.99. The topological polar surface area (TPSA) is 135 Å². The fourth-order valence-corrected chi connectivity index (χ4v) is 4.35. The molecule has 8 nitrogen and oxygen atoms in total. The van der Waals surface area contributed by atoms with Crippen molar-refractivity contribution in [1.82, 2.24) is 10.3 Å². The number of hydrogen-bond acceptors (Lipinski definition) is 7. The molecule has 0 saturated carbocycles. The number of nitrogens with zero attached hydrogens (tertiary/aromatic N) is 3. The van der Waals surface area contributed by atoms with Crippen molar-refractivity contribution in [3.05, 3.63) is 34.2 Å². The van der Waals surface area contributed by atoms with Gasteiger partial charge in [-0.05, 0) is 76.0 Å². The van der Waals surface area contributed by atoms with Gasteiger partial charge in [0.2, 0.25) is 0 Å². The van der Waals surface area contributed by atoms with Crippen LogP contribution in [0.2, 0.25) is 0 Å². The summed E-state index contributed by atoms with van der Waals surface area (Å²) < 4.78 is 23.8. The van der Waals surface area contributed by atoms with E-state index in [0.717, 1.165) is 38.9 Å². The predicted molar refractivity (Wildman–Crippen MR) is 120 cm³/mol. The summed E-state index contributed by atoms with van der Waals surface area (Å²) in [6, 6.07) is 4.33. The van der Waals surface area contributed by atoms with Crippen LogP contribution in [0.15, 0.2) is 37.3 Å². The molecular weight excluding hydrogens is 491 g/mol. The van der Waals surface area contributed by atoms with E-state index in [4.69, 9.17) is 15.1 Å². The third-order valence-corrected chi connectivity index (χ3v) is 6.51. The maximum Gasteiger partial charge on any atom is 0.183 e. The molecule has 0 aliphatic carbocycles. The number of aromatic nitrogens is 2. The first-order chi connectivity index (χ1) is 14.5. The molecule has 0 unspecified atom stereocenters. The molecule has 0 radical (unpaired) electrons.